The van der Waals surface area contributed by atoms with Crippen molar-refractivity contribution in [1.29, 1.82) is 0 Å². The van der Waals surface area contributed by atoms with Gasteiger partial charge >= 0.3 is 0 Å². The molecule has 2 aliphatic carbocycles. The van der Waals surface area contributed by atoms with Gasteiger partial charge in [0.25, 0.3) is 18.2 Å². The Morgan fingerprint density at radius 2 is 1.90 bits per heavy atom. The van der Waals surface area contributed by atoms with E-state index < -0.39 is 69.5 Å². The molecule has 12 nitrogen and oxygen atoms in total. The predicted octanol–water partition coefficient (Wildman–Crippen LogP) is 1.24. The van der Waals surface area contributed by atoms with Gasteiger partial charge in [-0.3, -0.25) is 28.6 Å². The summed E-state index contributed by atoms with van der Waals surface area (Å²) in [6.07, 6.45) is 7.62. The summed E-state index contributed by atoms with van der Waals surface area (Å²) in [5, 5.41) is 8.75. The molecule has 15 heteroatoms. The molecule has 4 aliphatic rings. The van der Waals surface area contributed by atoms with Gasteiger partial charge in [0.1, 0.15) is 29.9 Å². The summed E-state index contributed by atoms with van der Waals surface area (Å²) in [6, 6.07) is -0.573. The van der Waals surface area contributed by atoms with Gasteiger partial charge in [-0.05, 0) is 57.4 Å². The Balaban J connectivity index is 1.33. The molecule has 1 saturated heterocycles. The molecule has 230 valence electrons. The lowest BCUT2D eigenvalue weighted by molar-refractivity contribution is -0.141. The van der Waals surface area contributed by atoms with Crippen LogP contribution in [0.2, 0.25) is 0 Å². The molecule has 5 rings (SSSR count). The van der Waals surface area contributed by atoms with E-state index in [9.17, 15) is 36.4 Å². The number of carbonyl (C=O) groups excluding carboxylic acids is 4. The van der Waals surface area contributed by atoms with E-state index in [0.29, 0.717) is 44.9 Å². The molecule has 1 aromatic rings. The van der Waals surface area contributed by atoms with E-state index in [2.05, 4.69) is 20.5 Å². The third-order valence-corrected chi connectivity index (χ3v) is 10.2. The molecule has 4 amide bonds. The Morgan fingerprint density at radius 3 is 2.64 bits per heavy atom. The monoisotopic (exact) mass is 610 g/mol. The van der Waals surface area contributed by atoms with Crippen LogP contribution in [0.15, 0.2) is 24.4 Å². The summed E-state index contributed by atoms with van der Waals surface area (Å²) >= 11 is 0. The quantitative estimate of drug-likeness (QED) is 0.392. The predicted molar refractivity (Wildman–Crippen MR) is 146 cm³/mol. The average molecular weight is 611 g/mol. The van der Waals surface area contributed by atoms with Crippen molar-refractivity contribution in [2.45, 2.75) is 100 Å². The molecule has 0 radical (unpaired) electrons. The van der Waals surface area contributed by atoms with E-state index >= 15 is 0 Å². The number of hydrogen-bond donors (Lipinski definition) is 3. The molecule has 2 saturated carbocycles. The van der Waals surface area contributed by atoms with E-state index in [1.807, 2.05) is 12.2 Å². The molecule has 0 aromatic carbocycles. The number of hydrogen-bond acceptors (Lipinski definition) is 7. The van der Waals surface area contributed by atoms with Gasteiger partial charge in [0.05, 0.1) is 5.25 Å². The fourth-order valence-corrected chi connectivity index (χ4v) is 7.10. The van der Waals surface area contributed by atoms with Crippen molar-refractivity contribution in [3.63, 3.8) is 0 Å². The molecular formula is C27H36F2N6O6S. The molecule has 2 aliphatic heterocycles. The van der Waals surface area contributed by atoms with Crippen molar-refractivity contribution >= 4 is 33.7 Å². The maximum atomic E-state index is 13.7. The minimum absolute atomic E-state index is 0.103. The topological polar surface area (TPSA) is 160 Å². The van der Waals surface area contributed by atoms with Crippen LogP contribution in [0.1, 0.15) is 74.7 Å². The number of halogens is 2. The number of rotatable bonds is 7. The largest absolute Gasteiger partial charge is 0.339 e. The highest BCUT2D eigenvalue weighted by molar-refractivity contribution is 7.91. The summed E-state index contributed by atoms with van der Waals surface area (Å²) in [7, 11) is -3.83. The van der Waals surface area contributed by atoms with E-state index in [1.165, 1.54) is 17.2 Å². The Kier molecular flexibility index (Phi) is 8.67. The van der Waals surface area contributed by atoms with E-state index in [4.69, 9.17) is 0 Å². The molecule has 3 heterocycles. The molecule has 4 atom stereocenters. The third-order valence-electron chi connectivity index (χ3n) is 8.34. The van der Waals surface area contributed by atoms with Gasteiger partial charge in [0.15, 0.2) is 0 Å². The summed E-state index contributed by atoms with van der Waals surface area (Å²) in [4.78, 5) is 54.9. The Labute approximate surface area is 242 Å². The van der Waals surface area contributed by atoms with Gasteiger partial charge in [-0.1, -0.05) is 25.0 Å². The fourth-order valence-electron chi connectivity index (χ4n) is 5.73. The lowest BCUT2D eigenvalue weighted by Gasteiger charge is -2.30. The first-order valence-corrected chi connectivity index (χ1v) is 16.0. The van der Waals surface area contributed by atoms with Crippen LogP contribution >= 0.6 is 0 Å². The number of alkyl halides is 2. The first kappa shape index (κ1) is 30.1. The number of carbonyl (C=O) groups is 4. The second-order valence-corrected chi connectivity index (χ2v) is 13.5. The van der Waals surface area contributed by atoms with Crippen molar-refractivity contribution in [3.8, 4) is 0 Å². The second kappa shape index (κ2) is 12.1. The molecule has 0 bridgehead atoms. The van der Waals surface area contributed by atoms with Crippen LogP contribution in [-0.2, 0) is 31.0 Å². The zero-order valence-corrected chi connectivity index (χ0v) is 24.0. The van der Waals surface area contributed by atoms with Crippen LogP contribution in [0, 0.1) is 5.92 Å². The summed E-state index contributed by atoms with van der Waals surface area (Å²) in [5.41, 5.74) is -1.52. The van der Waals surface area contributed by atoms with Crippen molar-refractivity contribution in [2.24, 2.45) is 5.92 Å². The lowest BCUT2D eigenvalue weighted by atomic mass is 10.0. The Bertz CT molecular complexity index is 1360. The molecular weight excluding hydrogens is 574 g/mol. The van der Waals surface area contributed by atoms with Gasteiger partial charge in [-0.2, -0.15) is 5.10 Å². The van der Waals surface area contributed by atoms with Gasteiger partial charge < -0.3 is 15.5 Å². The zero-order valence-electron chi connectivity index (χ0n) is 23.1. The summed E-state index contributed by atoms with van der Waals surface area (Å²) < 4.78 is 53.5. The molecule has 2 unspecified atom stereocenters. The maximum absolute atomic E-state index is 13.7. The third kappa shape index (κ3) is 6.65. The van der Waals surface area contributed by atoms with Crippen LogP contribution in [0.4, 0.5) is 8.78 Å². The Hall–Kier alpha value is -3.36. The minimum atomic E-state index is -3.83. The van der Waals surface area contributed by atoms with Gasteiger partial charge in [0.2, 0.25) is 21.8 Å². The summed E-state index contributed by atoms with van der Waals surface area (Å²) in [6.45, 7) is -0.396. The molecule has 3 fully saturated rings. The standard InChI is InChI=1S/C27H36F2N6O6S/c28-22(29)16-34-14-12-19(32-34)23(36)30-20-8-5-3-1-2-4-7-17-15-27(17,26(39)33-42(40,41)18-10-11-18)31-24(37)21-9-6-13-35(21)25(20)38/h4,7,12,14,17-18,20-22H,1-3,5-6,8-11,13,15-16H2,(H,30,36)(H,31,37)(H,33,39)/b7-4-/t17?,20-,21?,27+/m0/s1. The Morgan fingerprint density at radius 1 is 1.12 bits per heavy atom. The van der Waals surface area contributed by atoms with Crippen molar-refractivity contribution < 1.29 is 36.4 Å². The highest BCUT2D eigenvalue weighted by Gasteiger charge is 2.61. The average Bonchev–Trinajstić information content (AvgIpc) is 3.79. The SMILES string of the molecule is O=C(N[C@H]1CCCCC/C=C\C2C[C@@]2(C(=O)NS(=O)(=O)C2CC2)NC(=O)C2CCCN2C1=O)c1ccn(CC(F)F)n1. The van der Waals surface area contributed by atoms with Crippen molar-refractivity contribution in [1.82, 2.24) is 30.0 Å². The van der Waals surface area contributed by atoms with Crippen LogP contribution < -0.4 is 15.4 Å². The normalized spacial score (nSPS) is 29.5. The van der Waals surface area contributed by atoms with Crippen LogP contribution in [0.3, 0.4) is 0 Å². The van der Waals surface area contributed by atoms with Crippen LogP contribution in [0.25, 0.3) is 0 Å². The smallest absolute Gasteiger partial charge is 0.272 e. The number of sulfonamides is 1. The van der Waals surface area contributed by atoms with E-state index in [0.717, 1.165) is 17.5 Å². The minimum Gasteiger partial charge on any atom is -0.339 e. The zero-order chi connectivity index (χ0) is 30.1. The highest BCUT2D eigenvalue weighted by Crippen LogP contribution is 2.46. The summed E-state index contributed by atoms with van der Waals surface area (Å²) in [5.74, 6) is -2.84. The number of fused-ring (bicyclic) bond motifs is 2. The van der Waals surface area contributed by atoms with Crippen LogP contribution in [0.5, 0.6) is 0 Å². The first-order chi connectivity index (χ1) is 20.0. The van der Waals surface area contributed by atoms with E-state index in [1.54, 1.807) is 0 Å². The van der Waals surface area contributed by atoms with E-state index in [-0.39, 0.29) is 24.6 Å². The number of amides is 4. The van der Waals surface area contributed by atoms with Gasteiger partial charge in [0, 0.05) is 18.7 Å². The maximum Gasteiger partial charge on any atom is 0.272 e. The molecule has 0 spiro atoms. The number of aromatic nitrogens is 2. The van der Waals surface area contributed by atoms with Gasteiger partial charge in [-0.15, -0.1) is 0 Å². The van der Waals surface area contributed by atoms with Crippen LogP contribution in [-0.4, -0.2) is 82.6 Å². The molecule has 42 heavy (non-hydrogen) atoms. The number of nitrogens with zero attached hydrogens (tertiary/aromatic N) is 3. The number of nitrogens with one attached hydrogen (secondary N) is 3. The first-order valence-electron chi connectivity index (χ1n) is 14.5. The highest BCUT2D eigenvalue weighted by atomic mass is 32.2. The number of allylic oxidation sites excluding steroid dienone is 1. The lowest BCUT2D eigenvalue weighted by Crippen LogP contribution is -2.58. The molecule has 1 aromatic heterocycles. The van der Waals surface area contributed by atoms with Crippen molar-refractivity contribution in [3.05, 3.63) is 30.1 Å². The fraction of sp³-hybridized carbons (Fsp3) is 0.667. The second-order valence-electron chi connectivity index (χ2n) is 11.5. The molecule has 3 N–H and O–H groups in total. The van der Waals surface area contributed by atoms with Gasteiger partial charge in [-0.25, -0.2) is 17.2 Å². The van der Waals surface area contributed by atoms with Crippen molar-refractivity contribution in [2.75, 3.05) is 6.54 Å².